The number of rotatable bonds is 5. The van der Waals surface area contributed by atoms with Gasteiger partial charge in [0.15, 0.2) is 0 Å². The van der Waals surface area contributed by atoms with Gasteiger partial charge in [0.2, 0.25) is 5.91 Å². The fraction of sp³-hybridized carbons (Fsp3) is 0.533. The van der Waals surface area contributed by atoms with Gasteiger partial charge in [-0.3, -0.25) is 9.69 Å². The van der Waals surface area contributed by atoms with E-state index in [-0.39, 0.29) is 24.1 Å². The maximum atomic E-state index is 13.3. The van der Waals surface area contributed by atoms with Gasteiger partial charge < -0.3 is 4.90 Å². The van der Waals surface area contributed by atoms with Crippen LogP contribution in [0.5, 0.6) is 0 Å². The van der Waals surface area contributed by atoms with Crippen LogP contribution in [0, 0.1) is 0 Å². The first-order valence-corrected chi connectivity index (χ1v) is 6.88. The van der Waals surface area contributed by atoms with Crippen LogP contribution in [0.3, 0.4) is 0 Å². The van der Waals surface area contributed by atoms with Crippen molar-refractivity contribution in [1.82, 2.24) is 9.80 Å². The van der Waals surface area contributed by atoms with E-state index in [0.29, 0.717) is 0 Å². The second-order valence-corrected chi connectivity index (χ2v) is 5.51. The van der Waals surface area contributed by atoms with Crippen LogP contribution in [0.25, 0.3) is 0 Å². The summed E-state index contributed by atoms with van der Waals surface area (Å²) in [4.78, 5) is 14.6. The van der Waals surface area contributed by atoms with Gasteiger partial charge in [-0.25, -0.2) is 0 Å². The van der Waals surface area contributed by atoms with Crippen LogP contribution >= 0.6 is 0 Å². The predicted octanol–water partition coefficient (Wildman–Crippen LogP) is 2.84. The molecule has 0 aliphatic heterocycles. The lowest BCUT2D eigenvalue weighted by Gasteiger charge is -2.31. The minimum atomic E-state index is -4.42. The Hall–Kier alpha value is -1.56. The Morgan fingerprint density at radius 2 is 1.81 bits per heavy atom. The van der Waals surface area contributed by atoms with Gasteiger partial charge in [-0.2, -0.15) is 13.2 Å². The first-order valence-electron chi connectivity index (χ1n) is 6.88. The summed E-state index contributed by atoms with van der Waals surface area (Å²) in [6.07, 6.45) is -2.55. The SMILES string of the molecule is CN(CC(=O)N(C)C1CC1)C(c1ccccc1)C(F)(F)F. The van der Waals surface area contributed by atoms with E-state index in [4.69, 9.17) is 0 Å². The average Bonchev–Trinajstić information content (AvgIpc) is 3.21. The summed E-state index contributed by atoms with van der Waals surface area (Å²) in [5, 5.41) is 0. The zero-order chi connectivity index (χ0) is 15.6. The molecule has 1 amide bonds. The van der Waals surface area contributed by atoms with Crippen molar-refractivity contribution >= 4 is 5.91 Å². The molecule has 21 heavy (non-hydrogen) atoms. The van der Waals surface area contributed by atoms with Crippen LogP contribution in [0.15, 0.2) is 30.3 Å². The number of hydrogen-bond donors (Lipinski definition) is 0. The Labute approximate surface area is 122 Å². The van der Waals surface area contributed by atoms with Gasteiger partial charge in [-0.15, -0.1) is 0 Å². The van der Waals surface area contributed by atoms with E-state index in [1.165, 1.54) is 19.2 Å². The zero-order valence-corrected chi connectivity index (χ0v) is 12.1. The molecule has 1 aliphatic carbocycles. The molecule has 1 saturated carbocycles. The molecule has 0 heterocycles. The third-order valence-corrected chi connectivity index (χ3v) is 3.74. The molecular weight excluding hydrogens is 281 g/mol. The molecule has 0 N–H and O–H groups in total. The fourth-order valence-electron chi connectivity index (χ4n) is 2.41. The second kappa shape index (κ2) is 6.05. The molecule has 1 aliphatic rings. The van der Waals surface area contributed by atoms with Crippen LogP contribution in [0.4, 0.5) is 13.2 Å². The maximum absolute atomic E-state index is 13.3. The van der Waals surface area contributed by atoms with Crippen LogP contribution in [-0.4, -0.2) is 48.6 Å². The molecule has 1 atom stereocenters. The summed E-state index contributed by atoms with van der Waals surface area (Å²) in [6, 6.07) is 6.11. The number of benzene rings is 1. The van der Waals surface area contributed by atoms with E-state index >= 15 is 0 Å². The fourth-order valence-corrected chi connectivity index (χ4v) is 2.41. The Balaban J connectivity index is 2.11. The predicted molar refractivity (Wildman–Crippen MR) is 73.7 cm³/mol. The van der Waals surface area contributed by atoms with Crippen LogP contribution in [0.1, 0.15) is 24.4 Å². The van der Waals surface area contributed by atoms with Crippen molar-refractivity contribution in [2.45, 2.75) is 31.1 Å². The number of hydrogen-bond acceptors (Lipinski definition) is 2. The number of nitrogens with zero attached hydrogens (tertiary/aromatic N) is 2. The molecule has 1 fully saturated rings. The first kappa shape index (κ1) is 15.8. The highest BCUT2D eigenvalue weighted by Crippen LogP contribution is 2.37. The van der Waals surface area contributed by atoms with E-state index in [1.807, 2.05) is 0 Å². The van der Waals surface area contributed by atoms with Crippen LogP contribution in [-0.2, 0) is 4.79 Å². The first-order chi connectivity index (χ1) is 9.80. The lowest BCUT2D eigenvalue weighted by Crippen LogP contribution is -2.43. The monoisotopic (exact) mass is 300 g/mol. The van der Waals surface area contributed by atoms with Crippen LogP contribution in [0.2, 0.25) is 0 Å². The number of alkyl halides is 3. The number of halogens is 3. The van der Waals surface area contributed by atoms with Gasteiger partial charge in [-0.1, -0.05) is 30.3 Å². The molecule has 1 unspecified atom stereocenters. The quantitative estimate of drug-likeness (QED) is 0.835. The molecule has 0 spiro atoms. The number of carbonyl (C=O) groups excluding carboxylic acids is 1. The lowest BCUT2D eigenvalue weighted by molar-refractivity contribution is -0.184. The average molecular weight is 300 g/mol. The second-order valence-electron chi connectivity index (χ2n) is 5.51. The summed E-state index contributed by atoms with van der Waals surface area (Å²) >= 11 is 0. The van der Waals surface area contributed by atoms with Crippen molar-refractivity contribution in [3.8, 4) is 0 Å². The number of amides is 1. The van der Waals surface area contributed by atoms with Crippen molar-refractivity contribution in [3.05, 3.63) is 35.9 Å². The molecule has 116 valence electrons. The Morgan fingerprint density at radius 1 is 1.24 bits per heavy atom. The highest BCUT2D eigenvalue weighted by molar-refractivity contribution is 5.78. The van der Waals surface area contributed by atoms with E-state index in [2.05, 4.69) is 0 Å². The van der Waals surface area contributed by atoms with Gasteiger partial charge >= 0.3 is 6.18 Å². The van der Waals surface area contributed by atoms with Crippen LogP contribution < -0.4 is 0 Å². The van der Waals surface area contributed by atoms with E-state index < -0.39 is 12.2 Å². The lowest BCUT2D eigenvalue weighted by atomic mass is 10.1. The Morgan fingerprint density at radius 3 is 2.29 bits per heavy atom. The normalized spacial score (nSPS) is 16.9. The number of likely N-dealkylation sites (N-methyl/N-ethyl adjacent to an activating group) is 2. The minimum Gasteiger partial charge on any atom is -0.342 e. The highest BCUT2D eigenvalue weighted by atomic mass is 19.4. The standard InChI is InChI=1S/C15H19F3N2O/c1-19(10-13(21)20(2)12-8-9-12)14(15(16,17)18)11-6-4-3-5-7-11/h3-7,12,14H,8-10H2,1-2H3. The van der Waals surface area contributed by atoms with E-state index in [0.717, 1.165) is 17.7 Å². The van der Waals surface area contributed by atoms with Gasteiger partial charge in [0.25, 0.3) is 0 Å². The molecule has 2 rings (SSSR count). The van der Waals surface area contributed by atoms with Crippen molar-refractivity contribution in [2.75, 3.05) is 20.6 Å². The third kappa shape index (κ3) is 3.97. The topological polar surface area (TPSA) is 23.6 Å². The molecule has 1 aromatic rings. The third-order valence-electron chi connectivity index (χ3n) is 3.74. The van der Waals surface area contributed by atoms with Crippen molar-refractivity contribution < 1.29 is 18.0 Å². The zero-order valence-electron chi connectivity index (χ0n) is 12.1. The van der Waals surface area contributed by atoms with Gasteiger partial charge in [0.05, 0.1) is 6.54 Å². The van der Waals surface area contributed by atoms with Crippen molar-refractivity contribution in [3.63, 3.8) is 0 Å². The van der Waals surface area contributed by atoms with Crippen molar-refractivity contribution in [2.24, 2.45) is 0 Å². The summed E-state index contributed by atoms with van der Waals surface area (Å²) in [5.74, 6) is -0.273. The summed E-state index contributed by atoms with van der Waals surface area (Å²) in [7, 11) is 2.99. The van der Waals surface area contributed by atoms with E-state index in [1.54, 1.807) is 30.1 Å². The molecule has 0 radical (unpaired) electrons. The molecule has 0 saturated heterocycles. The summed E-state index contributed by atoms with van der Waals surface area (Å²) in [5.41, 5.74) is 0.148. The maximum Gasteiger partial charge on any atom is 0.408 e. The van der Waals surface area contributed by atoms with Crippen molar-refractivity contribution in [1.29, 1.82) is 0 Å². The summed E-state index contributed by atoms with van der Waals surface area (Å²) in [6.45, 7) is -0.244. The molecular formula is C15H19F3N2O. The largest absolute Gasteiger partial charge is 0.408 e. The van der Waals surface area contributed by atoms with E-state index in [9.17, 15) is 18.0 Å². The smallest absolute Gasteiger partial charge is 0.342 e. The van der Waals surface area contributed by atoms with Gasteiger partial charge in [0.1, 0.15) is 6.04 Å². The highest BCUT2D eigenvalue weighted by Gasteiger charge is 2.44. The molecule has 0 bridgehead atoms. The van der Waals surface area contributed by atoms with Gasteiger partial charge in [-0.05, 0) is 25.5 Å². The van der Waals surface area contributed by atoms with Gasteiger partial charge in [0, 0.05) is 13.1 Å². The Bertz CT molecular complexity index is 485. The minimum absolute atomic E-state index is 0.148. The molecule has 6 heteroatoms. The molecule has 0 aromatic heterocycles. The summed E-state index contributed by atoms with van der Waals surface area (Å²) < 4.78 is 39.9. The molecule has 1 aromatic carbocycles. The number of carbonyl (C=O) groups is 1. The Kier molecular flexibility index (Phi) is 4.56. The molecule has 3 nitrogen and oxygen atoms in total.